The molecule has 79 heavy (non-hydrogen) atoms. The molecule has 8 nitrogen and oxygen atoms in total. The highest BCUT2D eigenvalue weighted by Crippen LogP contribution is 2.38. The van der Waals surface area contributed by atoms with Gasteiger partial charge in [0.15, 0.2) is 0 Å². The molecule has 0 aromatic carbocycles. The third kappa shape index (κ3) is 63.6. The van der Waals surface area contributed by atoms with Crippen molar-refractivity contribution in [3.05, 3.63) is 60.8 Å². The van der Waals surface area contributed by atoms with E-state index in [4.69, 9.17) is 9.05 Å². The van der Waals surface area contributed by atoms with E-state index in [9.17, 15) is 19.4 Å². The SMILES string of the molecule is CCCCCCC/C=C\C/C=C\CCCCCCCCCCCCCCCCCCCC(=O)NC(COP(=O)([O-])OCC[N+](C)(C)C)C(O)/C=C/CC/C=C/CC/C=C/CCCCCCCCCCCCCCCCCCCC. The molecule has 3 atom stereocenters. The maximum atomic E-state index is 13.0. The average molecular weight is 1130 g/mol. The van der Waals surface area contributed by atoms with E-state index in [-0.39, 0.29) is 12.5 Å². The van der Waals surface area contributed by atoms with Crippen molar-refractivity contribution >= 4 is 13.7 Å². The Labute approximate surface area is 492 Å². The third-order valence-electron chi connectivity index (χ3n) is 15.4. The summed E-state index contributed by atoms with van der Waals surface area (Å²) in [4.78, 5) is 25.6. The average Bonchev–Trinajstić information content (AvgIpc) is 3.42. The van der Waals surface area contributed by atoms with Crippen molar-refractivity contribution in [3.63, 3.8) is 0 Å². The van der Waals surface area contributed by atoms with E-state index in [2.05, 4.69) is 67.8 Å². The molecule has 0 rings (SSSR count). The molecular weight excluding hydrogens is 996 g/mol. The van der Waals surface area contributed by atoms with E-state index in [0.29, 0.717) is 17.4 Å². The molecule has 0 spiro atoms. The van der Waals surface area contributed by atoms with Crippen LogP contribution in [-0.4, -0.2) is 68.5 Å². The van der Waals surface area contributed by atoms with Gasteiger partial charge in [-0.05, 0) is 77.0 Å². The fourth-order valence-electron chi connectivity index (χ4n) is 10.1. The smallest absolute Gasteiger partial charge is 0.268 e. The molecule has 0 saturated heterocycles. The van der Waals surface area contributed by atoms with E-state index in [1.54, 1.807) is 6.08 Å². The molecule has 0 heterocycles. The Bertz CT molecular complexity index is 1470. The van der Waals surface area contributed by atoms with Gasteiger partial charge in [-0.1, -0.05) is 306 Å². The van der Waals surface area contributed by atoms with Gasteiger partial charge in [0.1, 0.15) is 13.2 Å². The zero-order valence-electron chi connectivity index (χ0n) is 53.1. The summed E-state index contributed by atoms with van der Waals surface area (Å²) in [5.41, 5.74) is 0. The summed E-state index contributed by atoms with van der Waals surface area (Å²) in [5, 5.41) is 13.9. The lowest BCUT2D eigenvalue weighted by atomic mass is 10.0. The molecule has 1 amide bonds. The number of phosphoric acid groups is 1. The predicted molar refractivity (Wildman–Crippen MR) is 344 cm³/mol. The number of aliphatic hydroxyl groups is 1. The Hall–Kier alpha value is -1.80. The molecule has 0 aromatic rings. The number of phosphoric ester groups is 1. The Morgan fingerprint density at radius 1 is 0.443 bits per heavy atom. The van der Waals surface area contributed by atoms with Gasteiger partial charge in [-0.15, -0.1) is 0 Å². The molecule has 0 aliphatic carbocycles. The number of amides is 1. The molecule has 0 aromatic heterocycles. The summed E-state index contributed by atoms with van der Waals surface area (Å²) in [7, 11) is 1.24. The van der Waals surface area contributed by atoms with Crippen LogP contribution >= 0.6 is 7.82 Å². The number of likely N-dealkylation sites (N-methyl/N-ethyl adjacent to an activating group) is 1. The number of unbranched alkanes of at least 4 members (excludes halogenated alkanes) is 42. The van der Waals surface area contributed by atoms with Crippen molar-refractivity contribution in [2.45, 2.75) is 341 Å². The first-order valence-corrected chi connectivity index (χ1v) is 35.6. The number of rotatable bonds is 63. The second-order valence-electron chi connectivity index (χ2n) is 24.5. The summed E-state index contributed by atoms with van der Waals surface area (Å²) in [6.07, 6.45) is 83.4. The molecule has 0 aliphatic rings. The first-order valence-electron chi connectivity index (χ1n) is 34.2. The quantitative estimate of drug-likeness (QED) is 0.0272. The van der Waals surface area contributed by atoms with E-state index in [1.807, 2.05) is 27.2 Å². The molecule has 0 radical (unpaired) electrons. The van der Waals surface area contributed by atoms with E-state index in [0.717, 1.165) is 51.4 Å². The summed E-state index contributed by atoms with van der Waals surface area (Å²) in [5.74, 6) is -0.207. The van der Waals surface area contributed by atoms with Crippen molar-refractivity contribution in [1.29, 1.82) is 0 Å². The van der Waals surface area contributed by atoms with Crippen molar-refractivity contribution in [3.8, 4) is 0 Å². The van der Waals surface area contributed by atoms with Crippen LogP contribution in [0.1, 0.15) is 328 Å². The molecule has 464 valence electrons. The Kier molecular flexibility index (Phi) is 59.4. The zero-order valence-corrected chi connectivity index (χ0v) is 54.0. The normalized spacial score (nSPS) is 14.1. The van der Waals surface area contributed by atoms with Crippen molar-refractivity contribution in [1.82, 2.24) is 5.32 Å². The molecule has 9 heteroatoms. The van der Waals surface area contributed by atoms with Crippen LogP contribution in [0.25, 0.3) is 0 Å². The summed E-state index contributed by atoms with van der Waals surface area (Å²) in [6, 6.07) is -0.913. The van der Waals surface area contributed by atoms with Gasteiger partial charge in [0, 0.05) is 6.42 Å². The molecule has 2 N–H and O–H groups in total. The lowest BCUT2D eigenvalue weighted by Gasteiger charge is -2.29. The monoisotopic (exact) mass is 1130 g/mol. The van der Waals surface area contributed by atoms with Gasteiger partial charge in [-0.25, -0.2) is 0 Å². The molecule has 0 fully saturated rings. The maximum absolute atomic E-state index is 13.0. The minimum absolute atomic E-state index is 0.00932. The van der Waals surface area contributed by atoms with E-state index >= 15 is 0 Å². The number of hydrogen-bond acceptors (Lipinski definition) is 6. The number of allylic oxidation sites excluding steroid dienone is 9. The fraction of sp³-hybridized carbons (Fsp3) is 0.843. The van der Waals surface area contributed by atoms with Crippen molar-refractivity contribution < 1.29 is 32.9 Å². The van der Waals surface area contributed by atoms with Gasteiger partial charge in [0.05, 0.1) is 39.9 Å². The number of carbonyl (C=O) groups is 1. The highest BCUT2D eigenvalue weighted by Gasteiger charge is 2.23. The summed E-state index contributed by atoms with van der Waals surface area (Å²) < 4.78 is 23.4. The Morgan fingerprint density at radius 3 is 1.10 bits per heavy atom. The lowest BCUT2D eigenvalue weighted by molar-refractivity contribution is -0.870. The molecule has 0 bridgehead atoms. The van der Waals surface area contributed by atoms with Crippen LogP contribution in [0.15, 0.2) is 60.8 Å². The lowest BCUT2D eigenvalue weighted by Crippen LogP contribution is -2.45. The first-order chi connectivity index (χ1) is 38.5. The minimum Gasteiger partial charge on any atom is -0.756 e. The van der Waals surface area contributed by atoms with E-state index in [1.165, 1.54) is 257 Å². The van der Waals surface area contributed by atoms with Crippen LogP contribution in [0.4, 0.5) is 0 Å². The number of carbonyl (C=O) groups excluding carboxylic acids is 1. The topological polar surface area (TPSA) is 108 Å². The number of quaternary nitrogens is 1. The largest absolute Gasteiger partial charge is 0.756 e. The van der Waals surface area contributed by atoms with E-state index < -0.39 is 26.6 Å². The summed E-state index contributed by atoms with van der Waals surface area (Å²) >= 11 is 0. The minimum atomic E-state index is -4.62. The Morgan fingerprint density at radius 2 is 0.747 bits per heavy atom. The van der Waals surface area contributed by atoms with Crippen molar-refractivity contribution in [2.75, 3.05) is 40.9 Å². The number of hydrogen-bond donors (Lipinski definition) is 2. The molecule has 0 saturated carbocycles. The second-order valence-corrected chi connectivity index (χ2v) is 25.9. The van der Waals surface area contributed by atoms with Crippen LogP contribution in [-0.2, 0) is 18.4 Å². The van der Waals surface area contributed by atoms with Crippen LogP contribution in [0.3, 0.4) is 0 Å². The highest BCUT2D eigenvalue weighted by atomic mass is 31.2. The maximum Gasteiger partial charge on any atom is 0.268 e. The number of aliphatic hydroxyl groups excluding tert-OH is 1. The van der Waals surface area contributed by atoms with Gasteiger partial charge in [0.2, 0.25) is 5.91 Å². The molecule has 3 unspecified atom stereocenters. The number of nitrogens with one attached hydrogen (secondary N) is 1. The fourth-order valence-corrected chi connectivity index (χ4v) is 10.8. The van der Waals surface area contributed by atoms with Gasteiger partial charge in [0.25, 0.3) is 7.82 Å². The zero-order chi connectivity index (χ0) is 57.7. The van der Waals surface area contributed by atoms with Gasteiger partial charge in [-0.3, -0.25) is 9.36 Å². The van der Waals surface area contributed by atoms with Crippen LogP contribution < -0.4 is 10.2 Å². The van der Waals surface area contributed by atoms with Crippen LogP contribution in [0, 0.1) is 0 Å². The van der Waals surface area contributed by atoms with Crippen LogP contribution in [0.2, 0.25) is 0 Å². The van der Waals surface area contributed by atoms with Gasteiger partial charge < -0.3 is 28.8 Å². The second kappa shape index (κ2) is 60.8. The third-order valence-corrected chi connectivity index (χ3v) is 16.4. The van der Waals surface area contributed by atoms with Crippen LogP contribution in [0.5, 0.6) is 0 Å². The van der Waals surface area contributed by atoms with Gasteiger partial charge >= 0.3 is 0 Å². The Balaban J connectivity index is 4.14. The molecule has 0 aliphatic heterocycles. The molecular formula is C70H133N2O6P. The number of nitrogens with zero attached hydrogens (tertiary/aromatic N) is 1. The first kappa shape index (κ1) is 77.2. The highest BCUT2D eigenvalue weighted by molar-refractivity contribution is 7.45. The standard InChI is InChI=1S/C70H133N2O6P/c1-6-8-10-12-14-16-18-20-22-24-26-28-30-32-34-36-38-40-42-44-46-48-50-52-54-56-58-60-62-64-70(74)71-68(67-78-79(75,76)77-66-65-72(3,4)5)69(73)63-61-59-57-55-53-51-49-47-45-43-41-39-37-35-33-31-29-27-25-23-21-19-17-15-13-11-9-7-2/h18,20,24,26,45,47,53,55,61,63,68-69,73H,6-17,19,21-23,25,27-44,46,48-52,54,56-60,62,64-67H2,1-5H3,(H-,71,74,75,76)/b20-18-,26-24-,47-45+,55-53+,63-61+. The predicted octanol–water partition coefficient (Wildman–Crippen LogP) is 21.0. The summed E-state index contributed by atoms with van der Waals surface area (Å²) in [6.45, 7) is 4.65. The van der Waals surface area contributed by atoms with Crippen molar-refractivity contribution in [2.24, 2.45) is 0 Å². The van der Waals surface area contributed by atoms with Gasteiger partial charge in [-0.2, -0.15) is 0 Å².